The molecule has 3 nitrogen and oxygen atoms in total. The molecule has 0 heterocycles. The minimum absolute atomic E-state index is 0.230. The van der Waals surface area contributed by atoms with E-state index in [2.05, 4.69) is 11.8 Å². The number of anilines is 1. The van der Waals surface area contributed by atoms with Crippen LogP contribution in [-0.4, -0.2) is 13.4 Å². The van der Waals surface area contributed by atoms with Gasteiger partial charge in [0, 0.05) is 11.8 Å². The lowest BCUT2D eigenvalue weighted by molar-refractivity contribution is -0.107. The Kier molecular flexibility index (Phi) is 3.57. The first-order valence-electron chi connectivity index (χ1n) is 4.14. The van der Waals surface area contributed by atoms with Crippen LogP contribution in [0, 0.1) is 11.8 Å². The lowest BCUT2D eigenvalue weighted by Gasteiger charge is -2.03. The Morgan fingerprint density at radius 2 is 2.36 bits per heavy atom. The van der Waals surface area contributed by atoms with E-state index in [-0.39, 0.29) is 6.42 Å². The van der Waals surface area contributed by atoms with Crippen molar-refractivity contribution in [2.75, 3.05) is 12.8 Å². The van der Waals surface area contributed by atoms with Gasteiger partial charge in [0.2, 0.25) is 0 Å². The Morgan fingerprint density at radius 1 is 1.57 bits per heavy atom. The maximum absolute atomic E-state index is 10.0. The summed E-state index contributed by atoms with van der Waals surface area (Å²) in [6.07, 6.45) is 0.990. The summed E-state index contributed by atoms with van der Waals surface area (Å²) in [7, 11) is 1.56. The van der Waals surface area contributed by atoms with Gasteiger partial charge in [0.25, 0.3) is 0 Å². The lowest BCUT2D eigenvalue weighted by Crippen LogP contribution is -1.91. The number of ether oxygens (including phenoxy) is 1. The zero-order valence-electron chi connectivity index (χ0n) is 7.91. The van der Waals surface area contributed by atoms with Crippen molar-refractivity contribution in [3.63, 3.8) is 0 Å². The number of hydrogen-bond acceptors (Lipinski definition) is 3. The molecular weight excluding hydrogens is 178 g/mol. The van der Waals surface area contributed by atoms with Gasteiger partial charge in [-0.15, -0.1) is 0 Å². The molecule has 0 spiro atoms. The first-order valence-corrected chi connectivity index (χ1v) is 4.14. The van der Waals surface area contributed by atoms with Crippen molar-refractivity contribution in [2.45, 2.75) is 6.42 Å². The Balaban J connectivity index is 2.97. The van der Waals surface area contributed by atoms with E-state index in [1.165, 1.54) is 0 Å². The molecule has 0 aliphatic carbocycles. The molecule has 0 amide bonds. The highest BCUT2D eigenvalue weighted by Gasteiger charge is 1.99. The highest BCUT2D eigenvalue weighted by Crippen LogP contribution is 2.20. The van der Waals surface area contributed by atoms with Crippen LogP contribution >= 0.6 is 0 Å². The standard InChI is InChI=1S/C11H11NO2/c1-14-11-8-10(12)6-5-9(11)4-2-3-7-13/h5-8H,3,12H2,1H3. The summed E-state index contributed by atoms with van der Waals surface area (Å²) >= 11 is 0. The molecule has 1 aromatic carbocycles. The Hall–Kier alpha value is -1.95. The van der Waals surface area contributed by atoms with Crippen molar-refractivity contribution in [2.24, 2.45) is 0 Å². The Labute approximate surface area is 82.9 Å². The zero-order valence-corrected chi connectivity index (χ0v) is 7.91. The van der Waals surface area contributed by atoms with Crippen molar-refractivity contribution >= 4 is 12.0 Å². The fraction of sp³-hybridized carbons (Fsp3) is 0.182. The molecule has 0 radical (unpaired) electrons. The minimum Gasteiger partial charge on any atom is -0.495 e. The molecular formula is C11H11NO2. The average Bonchev–Trinajstić information content (AvgIpc) is 2.20. The number of methoxy groups -OCH3 is 1. The maximum Gasteiger partial charge on any atom is 0.136 e. The van der Waals surface area contributed by atoms with Crippen molar-refractivity contribution in [3.05, 3.63) is 23.8 Å². The number of carbonyl (C=O) groups excluding carboxylic acids is 1. The van der Waals surface area contributed by atoms with Gasteiger partial charge < -0.3 is 15.3 Å². The number of rotatable bonds is 2. The molecule has 0 unspecified atom stereocenters. The maximum atomic E-state index is 10.0. The third-order valence-corrected chi connectivity index (χ3v) is 1.63. The van der Waals surface area contributed by atoms with Gasteiger partial charge in [0.15, 0.2) is 0 Å². The van der Waals surface area contributed by atoms with Gasteiger partial charge in [0.05, 0.1) is 19.1 Å². The average molecular weight is 189 g/mol. The van der Waals surface area contributed by atoms with Crippen LogP contribution in [0.3, 0.4) is 0 Å². The fourth-order valence-corrected chi connectivity index (χ4v) is 0.999. The van der Waals surface area contributed by atoms with E-state index in [1.807, 2.05) is 0 Å². The first kappa shape index (κ1) is 10.1. The molecule has 1 rings (SSSR count). The van der Waals surface area contributed by atoms with Crippen LogP contribution in [0.15, 0.2) is 18.2 Å². The summed E-state index contributed by atoms with van der Waals surface area (Å²) in [6, 6.07) is 5.21. The van der Waals surface area contributed by atoms with Crippen molar-refractivity contribution in [1.29, 1.82) is 0 Å². The Bertz CT molecular complexity index is 388. The molecule has 0 saturated heterocycles. The van der Waals surface area contributed by atoms with Gasteiger partial charge in [-0.2, -0.15) is 0 Å². The summed E-state index contributed by atoms with van der Waals surface area (Å²) in [5.74, 6) is 6.17. The van der Waals surface area contributed by atoms with E-state index in [9.17, 15) is 4.79 Å². The quantitative estimate of drug-likeness (QED) is 0.432. The molecule has 2 N–H and O–H groups in total. The predicted octanol–water partition coefficient (Wildman–Crippen LogP) is 1.22. The minimum atomic E-state index is 0.230. The molecule has 0 aromatic heterocycles. The molecule has 72 valence electrons. The van der Waals surface area contributed by atoms with Crippen molar-refractivity contribution in [1.82, 2.24) is 0 Å². The van der Waals surface area contributed by atoms with Crippen LogP contribution in [0.25, 0.3) is 0 Å². The third kappa shape index (κ3) is 2.53. The number of carbonyl (C=O) groups is 1. The van der Waals surface area contributed by atoms with Crippen LogP contribution < -0.4 is 10.5 Å². The van der Waals surface area contributed by atoms with E-state index in [1.54, 1.807) is 25.3 Å². The van der Waals surface area contributed by atoms with Gasteiger partial charge in [-0.3, -0.25) is 0 Å². The highest BCUT2D eigenvalue weighted by atomic mass is 16.5. The van der Waals surface area contributed by atoms with Gasteiger partial charge >= 0.3 is 0 Å². The molecule has 0 aliphatic heterocycles. The largest absolute Gasteiger partial charge is 0.495 e. The van der Waals surface area contributed by atoms with Gasteiger partial charge in [-0.25, -0.2) is 0 Å². The summed E-state index contributed by atoms with van der Waals surface area (Å²) in [4.78, 5) is 10.0. The summed E-state index contributed by atoms with van der Waals surface area (Å²) in [6.45, 7) is 0. The number of benzene rings is 1. The molecule has 0 bridgehead atoms. The topological polar surface area (TPSA) is 52.3 Å². The van der Waals surface area contributed by atoms with Crippen LogP contribution in [0.2, 0.25) is 0 Å². The molecule has 3 heteroatoms. The molecule has 0 atom stereocenters. The highest BCUT2D eigenvalue weighted by molar-refractivity contribution is 5.58. The van der Waals surface area contributed by atoms with Gasteiger partial charge in [-0.05, 0) is 12.1 Å². The smallest absolute Gasteiger partial charge is 0.136 e. The molecule has 0 saturated carbocycles. The first-order chi connectivity index (χ1) is 6.77. The van der Waals surface area contributed by atoms with Crippen LogP contribution in [-0.2, 0) is 4.79 Å². The second-order valence-electron chi connectivity index (χ2n) is 2.63. The van der Waals surface area contributed by atoms with E-state index in [4.69, 9.17) is 10.5 Å². The van der Waals surface area contributed by atoms with Gasteiger partial charge in [0.1, 0.15) is 12.0 Å². The van der Waals surface area contributed by atoms with E-state index >= 15 is 0 Å². The van der Waals surface area contributed by atoms with Crippen LogP contribution in [0.4, 0.5) is 5.69 Å². The van der Waals surface area contributed by atoms with E-state index in [0.717, 1.165) is 11.8 Å². The van der Waals surface area contributed by atoms with Crippen LogP contribution in [0.5, 0.6) is 5.75 Å². The second kappa shape index (κ2) is 4.93. The number of nitrogens with two attached hydrogens (primary N) is 1. The van der Waals surface area contributed by atoms with E-state index < -0.39 is 0 Å². The third-order valence-electron chi connectivity index (χ3n) is 1.63. The summed E-state index contributed by atoms with van der Waals surface area (Å²) in [5, 5.41) is 0. The van der Waals surface area contributed by atoms with Crippen molar-refractivity contribution in [3.8, 4) is 17.6 Å². The van der Waals surface area contributed by atoms with Crippen molar-refractivity contribution < 1.29 is 9.53 Å². The summed E-state index contributed by atoms with van der Waals surface area (Å²) in [5.41, 5.74) is 6.94. The monoisotopic (exact) mass is 189 g/mol. The molecule has 14 heavy (non-hydrogen) atoms. The van der Waals surface area contributed by atoms with E-state index in [0.29, 0.717) is 11.4 Å². The SMILES string of the molecule is COc1cc(N)ccc1C#CCC=O. The number of aldehydes is 1. The summed E-state index contributed by atoms with van der Waals surface area (Å²) < 4.78 is 5.09. The molecule has 0 aliphatic rings. The fourth-order valence-electron chi connectivity index (χ4n) is 0.999. The Morgan fingerprint density at radius 3 is 3.00 bits per heavy atom. The predicted molar refractivity (Wildman–Crippen MR) is 55.0 cm³/mol. The molecule has 0 fully saturated rings. The van der Waals surface area contributed by atoms with Gasteiger partial charge in [-0.1, -0.05) is 11.8 Å². The second-order valence-corrected chi connectivity index (χ2v) is 2.63. The normalized spacial score (nSPS) is 8.64. The number of nitrogen functional groups attached to an aromatic ring is 1. The zero-order chi connectivity index (χ0) is 10.4. The van der Waals surface area contributed by atoms with Crippen LogP contribution in [0.1, 0.15) is 12.0 Å². The molecule has 1 aromatic rings. The lowest BCUT2D eigenvalue weighted by atomic mass is 10.2. The number of hydrogen-bond donors (Lipinski definition) is 1.